The number of carbonyl (C=O) groups is 3. The molecule has 0 radical (unpaired) electrons. The third kappa shape index (κ3) is 7.65. The first kappa shape index (κ1) is 22.4. The van der Waals surface area contributed by atoms with Gasteiger partial charge in [-0.3, -0.25) is 14.3 Å². The molecular weight excluding hydrogens is 374 g/mol. The molecule has 0 heterocycles. The first-order chi connectivity index (χ1) is 12.6. The molecule has 0 aliphatic carbocycles. The van der Waals surface area contributed by atoms with Crippen LogP contribution in [0.15, 0.2) is 24.3 Å². The third-order valence-corrected chi connectivity index (χ3v) is 4.86. The highest BCUT2D eigenvalue weighted by atomic mass is 32.2. The zero-order valence-corrected chi connectivity index (χ0v) is 16.3. The first-order valence-corrected chi connectivity index (χ1v) is 10.1. The Kier molecular flexibility index (Phi) is 8.23. The molecule has 1 aromatic rings. The Bertz CT molecular complexity index is 792. The molecular formula is C17H25N3O6S. The van der Waals surface area contributed by atoms with Crippen LogP contribution in [-0.4, -0.2) is 49.6 Å². The fourth-order valence-corrected chi connectivity index (χ4v) is 2.86. The normalized spacial score (nSPS) is 12.3. The van der Waals surface area contributed by atoms with Gasteiger partial charge in [0, 0.05) is 0 Å². The van der Waals surface area contributed by atoms with E-state index < -0.39 is 40.4 Å². The van der Waals surface area contributed by atoms with Gasteiger partial charge >= 0.3 is 5.97 Å². The lowest BCUT2D eigenvalue weighted by molar-refractivity contribution is -0.142. The summed E-state index contributed by atoms with van der Waals surface area (Å²) in [6.07, 6.45) is 0.261. The summed E-state index contributed by atoms with van der Waals surface area (Å²) in [6, 6.07) is 4.94. The second kappa shape index (κ2) is 9.91. The number of para-hydroxylation sites is 1. The lowest BCUT2D eigenvalue weighted by Gasteiger charge is -2.17. The molecule has 0 aliphatic rings. The van der Waals surface area contributed by atoms with E-state index >= 15 is 0 Å². The van der Waals surface area contributed by atoms with Crippen molar-refractivity contribution >= 4 is 33.5 Å². The first-order valence-electron chi connectivity index (χ1n) is 8.45. The molecule has 1 rings (SSSR count). The van der Waals surface area contributed by atoms with E-state index in [0.29, 0.717) is 0 Å². The minimum atomic E-state index is -3.57. The number of benzene rings is 1. The highest BCUT2D eigenvalue weighted by Gasteiger charge is 2.22. The fourth-order valence-electron chi connectivity index (χ4n) is 2.20. The molecule has 1 atom stereocenters. The van der Waals surface area contributed by atoms with Crippen LogP contribution in [0.25, 0.3) is 0 Å². The van der Waals surface area contributed by atoms with E-state index in [2.05, 4.69) is 15.4 Å². The molecule has 27 heavy (non-hydrogen) atoms. The van der Waals surface area contributed by atoms with Gasteiger partial charge in [-0.15, -0.1) is 0 Å². The van der Waals surface area contributed by atoms with E-state index in [0.717, 1.165) is 0 Å². The van der Waals surface area contributed by atoms with Crippen LogP contribution in [0.4, 0.5) is 5.69 Å². The Balaban J connectivity index is 2.75. The Morgan fingerprint density at radius 1 is 1.15 bits per heavy atom. The maximum Gasteiger partial charge on any atom is 0.326 e. The summed E-state index contributed by atoms with van der Waals surface area (Å²) in [5.41, 5.74) is 0.153. The van der Waals surface area contributed by atoms with Gasteiger partial charge in [0.05, 0.1) is 23.5 Å². The van der Waals surface area contributed by atoms with Crippen LogP contribution in [-0.2, 0) is 19.6 Å². The molecule has 9 nitrogen and oxygen atoms in total. The molecule has 10 heteroatoms. The second-order valence-electron chi connectivity index (χ2n) is 6.32. The molecule has 0 fully saturated rings. The zero-order chi connectivity index (χ0) is 20.6. The topological polar surface area (TPSA) is 142 Å². The van der Waals surface area contributed by atoms with E-state index in [1.54, 1.807) is 12.1 Å². The Labute approximate surface area is 158 Å². The average Bonchev–Trinajstić information content (AvgIpc) is 2.58. The van der Waals surface area contributed by atoms with Crippen molar-refractivity contribution < 1.29 is 27.9 Å². The number of hydrogen-bond donors (Lipinski definition) is 4. The zero-order valence-electron chi connectivity index (χ0n) is 15.5. The van der Waals surface area contributed by atoms with E-state index in [-0.39, 0.29) is 29.3 Å². The van der Waals surface area contributed by atoms with Gasteiger partial charge in [0.15, 0.2) is 0 Å². The SMILES string of the molecule is CCS(=O)(=O)Nc1ccccc1C(=O)NCC(=O)N[C@@H](CC(C)C)C(=O)O. The number of rotatable bonds is 10. The van der Waals surface area contributed by atoms with Crippen LogP contribution >= 0.6 is 0 Å². The molecule has 2 amide bonds. The molecule has 4 N–H and O–H groups in total. The van der Waals surface area contributed by atoms with Gasteiger partial charge in [0.25, 0.3) is 5.91 Å². The minimum absolute atomic E-state index is 0.0549. The summed E-state index contributed by atoms with van der Waals surface area (Å²) >= 11 is 0. The molecule has 0 saturated carbocycles. The Hall–Kier alpha value is -2.62. The molecule has 0 spiro atoms. The lowest BCUT2D eigenvalue weighted by atomic mass is 10.0. The van der Waals surface area contributed by atoms with Crippen molar-refractivity contribution in [3.63, 3.8) is 0 Å². The standard InChI is InChI=1S/C17H25N3O6S/c1-4-27(25,26)20-13-8-6-5-7-12(13)16(22)18-10-15(21)19-14(17(23)24)9-11(2)3/h5-8,11,14,20H,4,9-10H2,1-3H3,(H,18,22)(H,19,21)(H,23,24)/t14-/m0/s1. The van der Waals surface area contributed by atoms with Crippen LogP contribution in [0, 0.1) is 5.92 Å². The molecule has 0 unspecified atom stereocenters. The third-order valence-electron chi connectivity index (χ3n) is 3.57. The van der Waals surface area contributed by atoms with Crippen molar-refractivity contribution in [2.45, 2.75) is 33.2 Å². The number of carboxylic acid groups (broad SMARTS) is 1. The van der Waals surface area contributed by atoms with Crippen molar-refractivity contribution in [3.8, 4) is 0 Å². The number of anilines is 1. The van der Waals surface area contributed by atoms with Crippen molar-refractivity contribution in [2.75, 3.05) is 17.0 Å². The number of nitrogens with one attached hydrogen (secondary N) is 3. The van der Waals surface area contributed by atoms with Crippen LogP contribution in [0.1, 0.15) is 37.6 Å². The van der Waals surface area contributed by atoms with E-state index in [9.17, 15) is 22.8 Å². The van der Waals surface area contributed by atoms with Crippen molar-refractivity contribution in [1.82, 2.24) is 10.6 Å². The van der Waals surface area contributed by atoms with Crippen LogP contribution in [0.5, 0.6) is 0 Å². The number of sulfonamides is 1. The molecule has 1 aromatic carbocycles. The van der Waals surface area contributed by atoms with Crippen molar-refractivity contribution in [2.24, 2.45) is 5.92 Å². The van der Waals surface area contributed by atoms with Gasteiger partial charge in [-0.25, -0.2) is 13.2 Å². The number of hydrogen-bond acceptors (Lipinski definition) is 5. The van der Waals surface area contributed by atoms with Crippen LogP contribution < -0.4 is 15.4 Å². The van der Waals surface area contributed by atoms with E-state index in [4.69, 9.17) is 5.11 Å². The average molecular weight is 399 g/mol. The highest BCUT2D eigenvalue weighted by Crippen LogP contribution is 2.16. The van der Waals surface area contributed by atoms with Crippen molar-refractivity contribution in [1.29, 1.82) is 0 Å². The summed E-state index contributed by atoms with van der Waals surface area (Å²) in [5, 5.41) is 13.8. The summed E-state index contributed by atoms with van der Waals surface area (Å²) < 4.78 is 25.7. The van der Waals surface area contributed by atoms with Gasteiger partial charge in [-0.1, -0.05) is 26.0 Å². The smallest absolute Gasteiger partial charge is 0.326 e. The van der Waals surface area contributed by atoms with Crippen LogP contribution in [0.3, 0.4) is 0 Å². The maximum absolute atomic E-state index is 12.3. The number of amides is 2. The van der Waals surface area contributed by atoms with E-state index in [1.165, 1.54) is 19.1 Å². The molecule has 150 valence electrons. The number of carboxylic acids is 1. The quantitative estimate of drug-likeness (QED) is 0.458. The summed E-state index contributed by atoms with van der Waals surface area (Å²) in [5.74, 6) is -2.54. The Morgan fingerprint density at radius 3 is 2.33 bits per heavy atom. The fraction of sp³-hybridized carbons (Fsp3) is 0.471. The molecule has 0 aromatic heterocycles. The summed E-state index contributed by atoms with van der Waals surface area (Å²) in [6.45, 7) is 4.69. The summed E-state index contributed by atoms with van der Waals surface area (Å²) in [4.78, 5) is 35.4. The second-order valence-corrected chi connectivity index (χ2v) is 8.33. The van der Waals surface area contributed by atoms with Gasteiger partial charge in [-0.2, -0.15) is 0 Å². The summed E-state index contributed by atoms with van der Waals surface area (Å²) in [7, 11) is -3.57. The molecule has 0 bridgehead atoms. The van der Waals surface area contributed by atoms with E-state index in [1.807, 2.05) is 13.8 Å². The van der Waals surface area contributed by atoms with Gasteiger partial charge in [-0.05, 0) is 31.4 Å². The van der Waals surface area contributed by atoms with Crippen molar-refractivity contribution in [3.05, 3.63) is 29.8 Å². The lowest BCUT2D eigenvalue weighted by Crippen LogP contribution is -2.46. The highest BCUT2D eigenvalue weighted by molar-refractivity contribution is 7.92. The number of carbonyl (C=O) groups excluding carboxylic acids is 2. The Morgan fingerprint density at radius 2 is 1.78 bits per heavy atom. The predicted molar refractivity (Wildman–Crippen MR) is 101 cm³/mol. The maximum atomic E-state index is 12.3. The largest absolute Gasteiger partial charge is 0.480 e. The van der Waals surface area contributed by atoms with Gasteiger partial charge in [0.1, 0.15) is 6.04 Å². The molecule has 0 aliphatic heterocycles. The van der Waals surface area contributed by atoms with Gasteiger partial charge < -0.3 is 15.7 Å². The predicted octanol–water partition coefficient (Wildman–Crippen LogP) is 0.794. The van der Waals surface area contributed by atoms with Crippen LogP contribution in [0.2, 0.25) is 0 Å². The molecule has 0 saturated heterocycles. The minimum Gasteiger partial charge on any atom is -0.480 e. The van der Waals surface area contributed by atoms with Gasteiger partial charge in [0.2, 0.25) is 15.9 Å². The number of aliphatic carboxylic acids is 1. The monoisotopic (exact) mass is 399 g/mol.